The smallest absolute Gasteiger partial charge is 0.169 e. The number of hydrogen-bond acceptors (Lipinski definition) is 3. The number of para-hydroxylation sites is 1. The van der Waals surface area contributed by atoms with Crippen LogP contribution in [0, 0.1) is 0 Å². The number of thiocarbonyl (C=S) groups is 1. The van der Waals surface area contributed by atoms with E-state index in [0.717, 1.165) is 56.4 Å². The second-order valence-electron chi connectivity index (χ2n) is 6.68. The lowest BCUT2D eigenvalue weighted by Gasteiger charge is -2.33. The van der Waals surface area contributed by atoms with Gasteiger partial charge in [-0.05, 0) is 24.4 Å². The van der Waals surface area contributed by atoms with E-state index in [2.05, 4.69) is 48.6 Å². The zero-order valence-electron chi connectivity index (χ0n) is 14.5. The predicted octanol–water partition coefficient (Wildman–Crippen LogP) is -0.984. The molecule has 130 valence electrons. The first kappa shape index (κ1) is 17.5. The molecule has 1 saturated heterocycles. The van der Waals surface area contributed by atoms with Crippen molar-refractivity contribution in [2.24, 2.45) is 0 Å². The topological polar surface area (TPSA) is 37.0 Å². The largest absolute Gasteiger partial charge is 0.357 e. The highest BCUT2D eigenvalue weighted by molar-refractivity contribution is 7.80. The average molecular weight is 366 g/mol. The first-order chi connectivity index (χ1) is 11.6. The van der Waals surface area contributed by atoms with Gasteiger partial charge in [-0.15, -0.1) is 11.3 Å². The number of benzene rings is 1. The molecular weight excluding hydrogens is 338 g/mol. The summed E-state index contributed by atoms with van der Waals surface area (Å²) in [5.74, 6) is 0. The Kier molecular flexibility index (Phi) is 5.99. The van der Waals surface area contributed by atoms with Crippen LogP contribution in [0.2, 0.25) is 0 Å². The van der Waals surface area contributed by atoms with Gasteiger partial charge in [-0.25, -0.2) is 4.98 Å². The van der Waals surface area contributed by atoms with Crippen molar-refractivity contribution in [3.63, 3.8) is 0 Å². The van der Waals surface area contributed by atoms with Crippen molar-refractivity contribution in [3.8, 4) is 0 Å². The number of aromatic nitrogens is 1. The fraction of sp³-hybridized carbons (Fsp3) is 0.529. The number of thiazole rings is 1. The van der Waals surface area contributed by atoms with Crippen molar-refractivity contribution in [2.45, 2.75) is 6.54 Å². The van der Waals surface area contributed by atoms with Gasteiger partial charge in [0.15, 0.2) is 5.11 Å². The molecule has 1 aromatic heterocycles. The lowest BCUT2D eigenvalue weighted by molar-refractivity contribution is -0.917. The van der Waals surface area contributed by atoms with Crippen LogP contribution in [0.1, 0.15) is 5.01 Å². The van der Waals surface area contributed by atoms with Crippen LogP contribution in [-0.2, 0) is 6.54 Å². The van der Waals surface area contributed by atoms with E-state index in [-0.39, 0.29) is 0 Å². The summed E-state index contributed by atoms with van der Waals surface area (Å²) < 4.78 is 1.29. The van der Waals surface area contributed by atoms with Crippen LogP contribution in [0.15, 0.2) is 24.3 Å². The normalized spacial score (nSPS) is 16.0. The van der Waals surface area contributed by atoms with E-state index in [1.165, 1.54) is 14.6 Å². The Hall–Kier alpha value is -1.28. The van der Waals surface area contributed by atoms with Gasteiger partial charge in [0.05, 0.1) is 63.6 Å². The first-order valence-corrected chi connectivity index (χ1v) is 9.84. The zero-order valence-corrected chi connectivity index (χ0v) is 16.1. The lowest BCUT2D eigenvalue weighted by atomic mass is 10.3. The molecule has 0 unspecified atom stereocenters. The van der Waals surface area contributed by atoms with E-state index in [1.54, 1.807) is 4.90 Å². The molecule has 0 aliphatic carbocycles. The predicted molar refractivity (Wildman–Crippen MR) is 104 cm³/mol. The molecule has 3 N–H and O–H groups in total. The van der Waals surface area contributed by atoms with Crippen molar-refractivity contribution >= 4 is 38.9 Å². The van der Waals surface area contributed by atoms with Crippen molar-refractivity contribution in [2.75, 3.05) is 53.4 Å². The Labute approximate surface area is 153 Å². The summed E-state index contributed by atoms with van der Waals surface area (Å²) in [4.78, 5) is 10.1. The third-order valence-corrected chi connectivity index (χ3v) is 5.84. The molecule has 2 heterocycles. The van der Waals surface area contributed by atoms with E-state index in [9.17, 15) is 0 Å². The standard InChI is InChI=1S/C17H25N5S2/c1-20(2)8-7-18-17(23)22-11-9-21(10-12-22)13-16-19-14-5-3-4-6-15(14)24-16/h3-6H,7-13H2,1-2H3,(H,18,23)/p+2. The molecule has 0 spiro atoms. The number of fused-ring (bicyclic) bond motifs is 1. The highest BCUT2D eigenvalue weighted by atomic mass is 32.1. The molecule has 1 aromatic carbocycles. The Bertz CT molecular complexity index is 643. The number of rotatable bonds is 5. The van der Waals surface area contributed by atoms with E-state index < -0.39 is 0 Å². The van der Waals surface area contributed by atoms with Gasteiger partial charge in [-0.1, -0.05) is 12.1 Å². The Balaban J connectivity index is 1.45. The Morgan fingerprint density at radius 3 is 2.79 bits per heavy atom. The van der Waals surface area contributed by atoms with Crippen molar-refractivity contribution in [1.82, 2.24) is 15.2 Å². The molecular formula is C17H27N5S2+2. The van der Waals surface area contributed by atoms with Crippen LogP contribution < -0.4 is 15.1 Å². The summed E-state index contributed by atoms with van der Waals surface area (Å²) in [5, 5.41) is 5.54. The van der Waals surface area contributed by atoms with Crippen LogP contribution in [-0.4, -0.2) is 68.4 Å². The minimum absolute atomic E-state index is 0.912. The molecule has 24 heavy (non-hydrogen) atoms. The molecule has 0 amide bonds. The number of hydrogen-bond donors (Lipinski definition) is 3. The van der Waals surface area contributed by atoms with Gasteiger partial charge in [0.25, 0.3) is 0 Å². The minimum atomic E-state index is 0.912. The first-order valence-electron chi connectivity index (χ1n) is 8.61. The molecule has 7 heteroatoms. The van der Waals surface area contributed by atoms with Gasteiger partial charge < -0.3 is 20.0 Å². The molecule has 0 bridgehead atoms. The number of nitrogens with zero attached hydrogens (tertiary/aromatic N) is 2. The van der Waals surface area contributed by atoms with Gasteiger partial charge in [0.2, 0.25) is 0 Å². The molecule has 2 aromatic rings. The number of likely N-dealkylation sites (N-methyl/N-ethyl adjacent to an activating group) is 1. The average Bonchev–Trinajstić information content (AvgIpc) is 2.97. The van der Waals surface area contributed by atoms with Crippen LogP contribution in [0.25, 0.3) is 10.2 Å². The van der Waals surface area contributed by atoms with Crippen LogP contribution >= 0.6 is 23.6 Å². The maximum atomic E-state index is 5.52. The number of nitrogens with one attached hydrogen (secondary N) is 3. The van der Waals surface area contributed by atoms with Gasteiger partial charge in [-0.2, -0.15) is 0 Å². The zero-order chi connectivity index (χ0) is 16.9. The summed E-state index contributed by atoms with van der Waals surface area (Å²) in [5.41, 5.74) is 1.13. The second-order valence-corrected chi connectivity index (χ2v) is 8.18. The molecule has 1 aliphatic heterocycles. The lowest BCUT2D eigenvalue weighted by Crippen LogP contribution is -3.13. The van der Waals surface area contributed by atoms with E-state index in [1.807, 2.05) is 11.3 Å². The Morgan fingerprint density at radius 2 is 2.08 bits per heavy atom. The van der Waals surface area contributed by atoms with Gasteiger partial charge in [-0.3, -0.25) is 0 Å². The molecule has 3 rings (SSSR count). The molecule has 1 aliphatic rings. The van der Waals surface area contributed by atoms with E-state index in [4.69, 9.17) is 17.2 Å². The molecule has 0 saturated carbocycles. The second kappa shape index (κ2) is 8.20. The van der Waals surface area contributed by atoms with Gasteiger partial charge in [0, 0.05) is 0 Å². The third-order valence-electron chi connectivity index (χ3n) is 4.40. The van der Waals surface area contributed by atoms with E-state index >= 15 is 0 Å². The summed E-state index contributed by atoms with van der Waals surface area (Å²) in [6, 6.07) is 8.40. The number of piperazine rings is 1. The third kappa shape index (κ3) is 4.63. The monoisotopic (exact) mass is 365 g/mol. The van der Waals surface area contributed by atoms with Crippen LogP contribution in [0.4, 0.5) is 0 Å². The quantitative estimate of drug-likeness (QED) is 0.595. The van der Waals surface area contributed by atoms with Crippen LogP contribution in [0.3, 0.4) is 0 Å². The fourth-order valence-corrected chi connectivity index (χ4v) is 4.27. The van der Waals surface area contributed by atoms with Gasteiger partial charge >= 0.3 is 0 Å². The van der Waals surface area contributed by atoms with Gasteiger partial charge in [0.1, 0.15) is 11.6 Å². The minimum Gasteiger partial charge on any atom is -0.357 e. The number of quaternary nitrogens is 2. The van der Waals surface area contributed by atoms with Crippen molar-refractivity contribution in [3.05, 3.63) is 29.3 Å². The molecule has 1 fully saturated rings. The van der Waals surface area contributed by atoms with Crippen LogP contribution in [0.5, 0.6) is 0 Å². The summed E-state index contributed by atoms with van der Waals surface area (Å²) >= 11 is 7.35. The van der Waals surface area contributed by atoms with E-state index in [0.29, 0.717) is 0 Å². The SMILES string of the molecule is C[NH+](C)CCNC(=S)N1CC[NH+](Cc2nc3ccccc3s2)CC1. The maximum Gasteiger partial charge on any atom is 0.169 e. The highest BCUT2D eigenvalue weighted by Gasteiger charge is 2.22. The van der Waals surface area contributed by atoms with Crippen molar-refractivity contribution < 1.29 is 9.80 Å². The van der Waals surface area contributed by atoms with Crippen molar-refractivity contribution in [1.29, 1.82) is 0 Å². The molecule has 0 radical (unpaired) electrons. The summed E-state index contributed by atoms with van der Waals surface area (Å²) in [7, 11) is 4.32. The highest BCUT2D eigenvalue weighted by Crippen LogP contribution is 2.20. The summed E-state index contributed by atoms with van der Waals surface area (Å²) in [6.45, 7) is 7.36. The maximum absolute atomic E-state index is 5.52. The fourth-order valence-electron chi connectivity index (χ4n) is 2.94. The molecule has 0 atom stereocenters. The summed E-state index contributed by atoms with van der Waals surface area (Å²) in [6.07, 6.45) is 0. The molecule has 5 nitrogen and oxygen atoms in total. The Morgan fingerprint density at radius 1 is 1.33 bits per heavy atom.